The second-order valence-corrected chi connectivity index (χ2v) is 5.84. The van der Waals surface area contributed by atoms with Crippen molar-refractivity contribution < 1.29 is 0 Å². The summed E-state index contributed by atoms with van der Waals surface area (Å²) >= 11 is 12.3. The van der Waals surface area contributed by atoms with Gasteiger partial charge in [0, 0.05) is 6.54 Å². The van der Waals surface area contributed by atoms with Gasteiger partial charge in [0.25, 0.3) is 0 Å². The largest absolute Gasteiger partial charge is 0.325 e. The summed E-state index contributed by atoms with van der Waals surface area (Å²) in [4.78, 5) is 4.55. The molecule has 3 rings (SSSR count). The number of fused-ring (bicyclic) bond motifs is 1. The highest BCUT2D eigenvalue weighted by Gasteiger charge is 2.38. The van der Waals surface area contributed by atoms with E-state index in [1.807, 2.05) is 18.2 Å². The van der Waals surface area contributed by atoms with Crippen molar-refractivity contribution in [2.75, 3.05) is 0 Å². The van der Waals surface area contributed by atoms with E-state index >= 15 is 0 Å². The highest BCUT2D eigenvalue weighted by Crippen LogP contribution is 2.47. The maximum atomic E-state index is 6.28. The molecule has 0 radical (unpaired) electrons. The van der Waals surface area contributed by atoms with Crippen molar-refractivity contribution in [3.8, 4) is 0 Å². The SMILES string of the molecule is CC1(Cn2c(CCl)nc3cccc(Cl)c32)CC1. The van der Waals surface area contributed by atoms with Gasteiger partial charge < -0.3 is 4.57 Å². The minimum Gasteiger partial charge on any atom is -0.325 e. The van der Waals surface area contributed by atoms with Gasteiger partial charge in [-0.15, -0.1) is 11.6 Å². The zero-order chi connectivity index (χ0) is 12.0. The standard InChI is InChI=1S/C13H14Cl2N2/c1-13(5-6-13)8-17-11(7-14)16-10-4-2-3-9(15)12(10)17/h2-4H,5-8H2,1H3. The summed E-state index contributed by atoms with van der Waals surface area (Å²) in [5.41, 5.74) is 2.38. The average Bonchev–Trinajstić information content (AvgIpc) is 2.90. The summed E-state index contributed by atoms with van der Waals surface area (Å²) in [6, 6.07) is 5.83. The van der Waals surface area contributed by atoms with Crippen LogP contribution in [0.15, 0.2) is 18.2 Å². The lowest BCUT2D eigenvalue weighted by molar-refractivity contribution is 0.465. The van der Waals surface area contributed by atoms with Crippen LogP contribution in [0.1, 0.15) is 25.6 Å². The Kier molecular flexibility index (Phi) is 2.60. The van der Waals surface area contributed by atoms with Gasteiger partial charge in [0.15, 0.2) is 0 Å². The molecule has 0 bridgehead atoms. The smallest absolute Gasteiger partial charge is 0.124 e. The number of para-hydroxylation sites is 1. The summed E-state index contributed by atoms with van der Waals surface area (Å²) in [6.45, 7) is 3.27. The second kappa shape index (κ2) is 3.89. The predicted molar refractivity (Wildman–Crippen MR) is 71.6 cm³/mol. The van der Waals surface area contributed by atoms with Crippen LogP contribution in [0.5, 0.6) is 0 Å². The van der Waals surface area contributed by atoms with E-state index in [4.69, 9.17) is 23.2 Å². The van der Waals surface area contributed by atoms with Crippen LogP contribution in [0.25, 0.3) is 11.0 Å². The van der Waals surface area contributed by atoms with Crippen molar-refractivity contribution in [3.63, 3.8) is 0 Å². The number of alkyl halides is 1. The van der Waals surface area contributed by atoms with Gasteiger partial charge in [0.1, 0.15) is 5.82 Å². The Labute approximate surface area is 111 Å². The molecule has 1 saturated carbocycles. The Morgan fingerprint density at radius 2 is 2.18 bits per heavy atom. The summed E-state index contributed by atoms with van der Waals surface area (Å²) in [5, 5.41) is 0.760. The fourth-order valence-electron chi connectivity index (χ4n) is 2.22. The number of halogens is 2. The lowest BCUT2D eigenvalue weighted by Crippen LogP contribution is -2.10. The molecule has 1 aliphatic carbocycles. The number of nitrogens with zero attached hydrogens (tertiary/aromatic N) is 2. The van der Waals surface area contributed by atoms with E-state index in [-0.39, 0.29) is 0 Å². The van der Waals surface area contributed by atoms with Gasteiger partial charge in [-0.1, -0.05) is 24.6 Å². The third-order valence-electron chi connectivity index (χ3n) is 3.56. The summed E-state index contributed by atoms with van der Waals surface area (Å²) < 4.78 is 2.19. The molecule has 0 N–H and O–H groups in total. The highest BCUT2D eigenvalue weighted by molar-refractivity contribution is 6.35. The first-order valence-corrected chi connectivity index (χ1v) is 6.74. The molecule has 0 amide bonds. The third kappa shape index (κ3) is 1.94. The van der Waals surface area contributed by atoms with Crippen molar-refractivity contribution in [2.45, 2.75) is 32.2 Å². The second-order valence-electron chi connectivity index (χ2n) is 5.17. The van der Waals surface area contributed by atoms with Crippen LogP contribution in [-0.4, -0.2) is 9.55 Å². The fraction of sp³-hybridized carbons (Fsp3) is 0.462. The molecule has 90 valence electrons. The van der Waals surface area contributed by atoms with Crippen LogP contribution >= 0.6 is 23.2 Å². The van der Waals surface area contributed by atoms with Crippen molar-refractivity contribution in [2.24, 2.45) is 5.41 Å². The molecule has 1 aromatic heterocycles. The number of hydrogen-bond acceptors (Lipinski definition) is 1. The lowest BCUT2D eigenvalue weighted by Gasteiger charge is -2.13. The van der Waals surface area contributed by atoms with Gasteiger partial charge in [-0.2, -0.15) is 0 Å². The fourth-order valence-corrected chi connectivity index (χ4v) is 2.69. The normalized spacial score (nSPS) is 17.6. The lowest BCUT2D eigenvalue weighted by atomic mass is 10.1. The van der Waals surface area contributed by atoms with Gasteiger partial charge in [-0.05, 0) is 30.4 Å². The van der Waals surface area contributed by atoms with Crippen molar-refractivity contribution in [3.05, 3.63) is 29.0 Å². The molecule has 1 aromatic carbocycles. The van der Waals surface area contributed by atoms with E-state index < -0.39 is 0 Å². The molecule has 2 nitrogen and oxygen atoms in total. The van der Waals surface area contributed by atoms with E-state index in [0.29, 0.717) is 11.3 Å². The number of imidazole rings is 1. The van der Waals surface area contributed by atoms with Crippen molar-refractivity contribution in [1.82, 2.24) is 9.55 Å². The van der Waals surface area contributed by atoms with Gasteiger partial charge in [0.2, 0.25) is 0 Å². The molecule has 1 heterocycles. The minimum absolute atomic E-state index is 0.410. The van der Waals surface area contributed by atoms with E-state index in [2.05, 4.69) is 16.5 Å². The van der Waals surface area contributed by atoms with E-state index in [0.717, 1.165) is 28.4 Å². The monoisotopic (exact) mass is 268 g/mol. The Bertz CT molecular complexity index is 570. The zero-order valence-corrected chi connectivity index (χ0v) is 11.2. The molecule has 0 atom stereocenters. The first-order valence-electron chi connectivity index (χ1n) is 5.83. The van der Waals surface area contributed by atoms with E-state index in [1.165, 1.54) is 12.8 Å². The van der Waals surface area contributed by atoms with Gasteiger partial charge in [0.05, 0.1) is 21.9 Å². The highest BCUT2D eigenvalue weighted by atomic mass is 35.5. The summed E-state index contributed by atoms with van der Waals surface area (Å²) in [7, 11) is 0. The first kappa shape index (κ1) is 11.4. The van der Waals surface area contributed by atoms with Crippen LogP contribution in [0, 0.1) is 5.41 Å². The van der Waals surface area contributed by atoms with Crippen LogP contribution < -0.4 is 0 Å². The van der Waals surface area contributed by atoms with Crippen LogP contribution in [-0.2, 0) is 12.4 Å². The zero-order valence-electron chi connectivity index (χ0n) is 9.71. The molecule has 2 aromatic rings. The number of hydrogen-bond donors (Lipinski definition) is 0. The minimum atomic E-state index is 0.410. The Balaban J connectivity index is 2.18. The van der Waals surface area contributed by atoms with Gasteiger partial charge in [-0.3, -0.25) is 0 Å². The molecule has 1 fully saturated rings. The molecule has 0 unspecified atom stereocenters. The molecule has 0 spiro atoms. The molecule has 0 saturated heterocycles. The molecule has 4 heteroatoms. The van der Waals surface area contributed by atoms with E-state index in [1.54, 1.807) is 0 Å². The summed E-state index contributed by atoms with van der Waals surface area (Å²) in [5.74, 6) is 1.35. The Morgan fingerprint density at radius 1 is 1.41 bits per heavy atom. The van der Waals surface area contributed by atoms with Gasteiger partial charge >= 0.3 is 0 Å². The number of benzene rings is 1. The topological polar surface area (TPSA) is 17.8 Å². The van der Waals surface area contributed by atoms with Crippen LogP contribution in [0.4, 0.5) is 0 Å². The number of aromatic nitrogens is 2. The molecule has 1 aliphatic rings. The average molecular weight is 269 g/mol. The molecule has 0 aliphatic heterocycles. The van der Waals surface area contributed by atoms with Gasteiger partial charge in [-0.25, -0.2) is 4.98 Å². The quantitative estimate of drug-likeness (QED) is 0.762. The van der Waals surface area contributed by atoms with E-state index in [9.17, 15) is 0 Å². The predicted octanol–water partition coefficient (Wildman–Crippen LogP) is 4.23. The third-order valence-corrected chi connectivity index (χ3v) is 4.10. The maximum Gasteiger partial charge on any atom is 0.124 e. The van der Waals surface area contributed by atoms with Crippen LogP contribution in [0.2, 0.25) is 5.02 Å². The van der Waals surface area contributed by atoms with Crippen molar-refractivity contribution >= 4 is 34.2 Å². The van der Waals surface area contributed by atoms with Crippen LogP contribution in [0.3, 0.4) is 0 Å². The molecular weight excluding hydrogens is 255 g/mol. The Morgan fingerprint density at radius 3 is 2.82 bits per heavy atom. The molecule has 17 heavy (non-hydrogen) atoms. The Hall–Kier alpha value is -0.730. The van der Waals surface area contributed by atoms with Crippen molar-refractivity contribution in [1.29, 1.82) is 0 Å². The number of rotatable bonds is 3. The first-order chi connectivity index (χ1) is 8.13. The molecular formula is C13H14Cl2N2. The summed E-state index contributed by atoms with van der Waals surface area (Å²) in [6.07, 6.45) is 2.55. The maximum absolute atomic E-state index is 6.28.